The number of nitrogens with zero attached hydrogens (tertiary/aromatic N) is 3. The van der Waals surface area contributed by atoms with Gasteiger partial charge in [-0.25, -0.2) is 4.39 Å². The molecule has 1 saturated heterocycles. The van der Waals surface area contributed by atoms with Gasteiger partial charge in [0, 0.05) is 31.0 Å². The highest BCUT2D eigenvalue weighted by Crippen LogP contribution is 2.39. The van der Waals surface area contributed by atoms with Gasteiger partial charge in [-0.1, -0.05) is 6.07 Å². The topological polar surface area (TPSA) is 83.0 Å². The van der Waals surface area contributed by atoms with Gasteiger partial charge in [-0.2, -0.15) is 0 Å². The summed E-state index contributed by atoms with van der Waals surface area (Å²) in [6, 6.07) is 6.47. The summed E-state index contributed by atoms with van der Waals surface area (Å²) in [5.74, 6) is -2.64. The summed E-state index contributed by atoms with van der Waals surface area (Å²) < 4.78 is 19.0. The molecule has 1 atom stereocenters. The first kappa shape index (κ1) is 20.5. The third kappa shape index (κ3) is 3.97. The van der Waals surface area contributed by atoms with Crippen LogP contribution in [-0.4, -0.2) is 65.9 Å². The second-order valence-corrected chi connectivity index (χ2v) is 6.93. The quantitative estimate of drug-likeness (QED) is 0.456. The van der Waals surface area contributed by atoms with Crippen LogP contribution in [0.1, 0.15) is 17.2 Å². The lowest BCUT2D eigenvalue weighted by Gasteiger charge is -2.26. The zero-order valence-corrected chi connectivity index (χ0v) is 16.4. The Labute approximate surface area is 168 Å². The highest BCUT2D eigenvalue weighted by molar-refractivity contribution is 6.46. The van der Waals surface area contributed by atoms with Crippen LogP contribution < -0.4 is 4.74 Å². The molecule has 29 heavy (non-hydrogen) atoms. The van der Waals surface area contributed by atoms with Gasteiger partial charge < -0.3 is 19.6 Å². The molecule has 3 rings (SSSR count). The molecule has 1 amide bonds. The van der Waals surface area contributed by atoms with E-state index in [0.29, 0.717) is 12.1 Å². The molecule has 1 aliphatic heterocycles. The Morgan fingerprint density at radius 2 is 2.07 bits per heavy atom. The molecular weight excluding hydrogens is 377 g/mol. The molecule has 2 heterocycles. The average molecular weight is 399 g/mol. The van der Waals surface area contributed by atoms with Crippen molar-refractivity contribution in [1.82, 2.24) is 14.8 Å². The SMILES string of the molecule is COc1ccc(C(O)=C2C(=O)C(=O)N(CCN(C)C)[C@@H]2c2cccnc2)cc1F. The van der Waals surface area contributed by atoms with Crippen molar-refractivity contribution < 1.29 is 23.8 Å². The molecular formula is C21H22FN3O4. The number of methoxy groups -OCH3 is 1. The maximum atomic E-state index is 14.1. The van der Waals surface area contributed by atoms with Crippen molar-refractivity contribution in [2.45, 2.75) is 6.04 Å². The number of hydrogen-bond acceptors (Lipinski definition) is 6. The van der Waals surface area contributed by atoms with Gasteiger partial charge in [0.1, 0.15) is 5.76 Å². The van der Waals surface area contributed by atoms with E-state index in [0.717, 1.165) is 6.07 Å². The molecule has 1 fully saturated rings. The first-order chi connectivity index (χ1) is 13.8. The van der Waals surface area contributed by atoms with Gasteiger partial charge in [0.2, 0.25) is 0 Å². The smallest absolute Gasteiger partial charge is 0.295 e. The number of benzene rings is 1. The van der Waals surface area contributed by atoms with Crippen molar-refractivity contribution >= 4 is 17.4 Å². The molecule has 2 aromatic rings. The van der Waals surface area contributed by atoms with Crippen LogP contribution in [-0.2, 0) is 9.59 Å². The van der Waals surface area contributed by atoms with Crippen molar-refractivity contribution in [2.24, 2.45) is 0 Å². The third-order valence-electron chi connectivity index (χ3n) is 4.75. The monoisotopic (exact) mass is 399 g/mol. The Kier molecular flexibility index (Phi) is 5.93. The Balaban J connectivity index is 2.13. The van der Waals surface area contributed by atoms with E-state index >= 15 is 0 Å². The predicted molar refractivity (Wildman–Crippen MR) is 105 cm³/mol. The molecule has 1 aromatic carbocycles. The summed E-state index contributed by atoms with van der Waals surface area (Å²) in [6.45, 7) is 0.811. The van der Waals surface area contributed by atoms with Gasteiger partial charge in [-0.15, -0.1) is 0 Å². The van der Waals surface area contributed by atoms with Crippen molar-refractivity contribution in [2.75, 3.05) is 34.3 Å². The number of halogens is 1. The molecule has 152 valence electrons. The molecule has 0 unspecified atom stereocenters. The van der Waals surface area contributed by atoms with Gasteiger partial charge in [0.15, 0.2) is 11.6 Å². The van der Waals surface area contributed by atoms with E-state index < -0.39 is 29.3 Å². The number of ketones is 1. The number of pyridine rings is 1. The maximum Gasteiger partial charge on any atom is 0.295 e. The lowest BCUT2D eigenvalue weighted by molar-refractivity contribution is -0.140. The fourth-order valence-corrected chi connectivity index (χ4v) is 3.27. The summed E-state index contributed by atoms with van der Waals surface area (Å²) in [4.78, 5) is 32.9. The Morgan fingerprint density at radius 1 is 1.31 bits per heavy atom. The molecule has 8 heteroatoms. The van der Waals surface area contributed by atoms with Gasteiger partial charge in [-0.3, -0.25) is 14.6 Å². The summed E-state index contributed by atoms with van der Waals surface area (Å²) in [5, 5.41) is 10.9. The fourth-order valence-electron chi connectivity index (χ4n) is 3.27. The van der Waals surface area contributed by atoms with Gasteiger partial charge in [0.05, 0.1) is 18.7 Å². The largest absolute Gasteiger partial charge is 0.507 e. The standard InChI is InChI=1S/C21H22FN3O4/c1-24(2)9-10-25-18(14-5-4-8-23-12-14)17(20(27)21(25)28)19(26)13-6-7-16(29-3)15(22)11-13/h4-8,11-12,18,26H,9-10H2,1-3H3/t18-/m1/s1. The minimum Gasteiger partial charge on any atom is -0.507 e. The lowest BCUT2D eigenvalue weighted by atomic mass is 9.96. The first-order valence-corrected chi connectivity index (χ1v) is 9.02. The van der Waals surface area contributed by atoms with Gasteiger partial charge >= 0.3 is 0 Å². The summed E-state index contributed by atoms with van der Waals surface area (Å²) in [7, 11) is 5.04. The molecule has 0 aliphatic carbocycles. The number of hydrogen-bond donors (Lipinski definition) is 1. The van der Waals surface area contributed by atoms with E-state index in [-0.39, 0.29) is 23.4 Å². The highest BCUT2D eigenvalue weighted by atomic mass is 19.1. The molecule has 1 aromatic heterocycles. The van der Waals surface area contributed by atoms with Crippen LogP contribution in [0.25, 0.3) is 5.76 Å². The zero-order chi connectivity index (χ0) is 21.1. The number of ether oxygens (including phenoxy) is 1. The number of aliphatic hydroxyl groups excluding tert-OH is 1. The van der Waals surface area contributed by atoms with E-state index in [9.17, 15) is 19.1 Å². The lowest BCUT2D eigenvalue weighted by Crippen LogP contribution is -2.35. The van der Waals surface area contributed by atoms with Crippen LogP contribution >= 0.6 is 0 Å². The zero-order valence-electron chi connectivity index (χ0n) is 16.4. The van der Waals surface area contributed by atoms with Crippen LogP contribution in [0.5, 0.6) is 5.75 Å². The van der Waals surface area contributed by atoms with Crippen LogP contribution in [0, 0.1) is 5.82 Å². The number of likely N-dealkylation sites (tertiary alicyclic amines) is 1. The van der Waals surface area contributed by atoms with Crippen LogP contribution in [0.3, 0.4) is 0 Å². The van der Waals surface area contributed by atoms with Crippen molar-refractivity contribution in [3.8, 4) is 5.75 Å². The summed E-state index contributed by atoms with van der Waals surface area (Å²) >= 11 is 0. The van der Waals surface area contributed by atoms with E-state index in [1.165, 1.54) is 24.1 Å². The molecule has 0 bridgehead atoms. The van der Waals surface area contributed by atoms with Crippen LogP contribution in [0.4, 0.5) is 4.39 Å². The van der Waals surface area contributed by atoms with Gasteiger partial charge in [0.25, 0.3) is 11.7 Å². The van der Waals surface area contributed by atoms with E-state index in [1.807, 2.05) is 19.0 Å². The third-order valence-corrected chi connectivity index (χ3v) is 4.75. The molecule has 0 radical (unpaired) electrons. The van der Waals surface area contributed by atoms with Gasteiger partial charge in [-0.05, 0) is 43.9 Å². The van der Waals surface area contributed by atoms with E-state index in [1.54, 1.807) is 24.5 Å². The molecule has 1 aliphatic rings. The Hall–Kier alpha value is -3.26. The molecule has 0 saturated carbocycles. The maximum absolute atomic E-state index is 14.1. The minimum atomic E-state index is -0.814. The van der Waals surface area contributed by atoms with Crippen LogP contribution in [0.15, 0.2) is 48.3 Å². The normalized spacial score (nSPS) is 18.5. The number of rotatable bonds is 6. The second kappa shape index (κ2) is 8.40. The summed E-state index contributed by atoms with van der Waals surface area (Å²) in [5.41, 5.74) is 0.579. The Bertz CT molecular complexity index is 960. The number of amides is 1. The van der Waals surface area contributed by atoms with Crippen LogP contribution in [0.2, 0.25) is 0 Å². The summed E-state index contributed by atoms with van der Waals surface area (Å²) in [6.07, 6.45) is 3.12. The predicted octanol–water partition coefficient (Wildman–Crippen LogP) is 2.21. The molecule has 0 spiro atoms. The molecule has 1 N–H and O–H groups in total. The number of aromatic nitrogens is 1. The minimum absolute atomic E-state index is 0.0109. The number of carbonyl (C=O) groups excluding carboxylic acids is 2. The van der Waals surface area contributed by atoms with E-state index in [2.05, 4.69) is 4.98 Å². The average Bonchev–Trinajstić information content (AvgIpc) is 2.97. The second-order valence-electron chi connectivity index (χ2n) is 6.93. The number of Topliss-reactive ketones (excluding diaryl/α,β-unsaturated/α-hetero) is 1. The fraction of sp³-hybridized carbons (Fsp3) is 0.286. The number of likely N-dealkylation sites (N-methyl/N-ethyl adjacent to an activating group) is 1. The molecule has 7 nitrogen and oxygen atoms in total. The van der Waals surface area contributed by atoms with Crippen molar-refractivity contribution in [3.05, 3.63) is 65.2 Å². The van der Waals surface area contributed by atoms with Crippen molar-refractivity contribution in [3.63, 3.8) is 0 Å². The van der Waals surface area contributed by atoms with E-state index in [4.69, 9.17) is 4.74 Å². The Morgan fingerprint density at radius 3 is 2.66 bits per heavy atom. The highest BCUT2D eigenvalue weighted by Gasteiger charge is 2.46. The van der Waals surface area contributed by atoms with Crippen molar-refractivity contribution in [1.29, 1.82) is 0 Å². The first-order valence-electron chi connectivity index (χ1n) is 9.02. The number of carbonyl (C=O) groups is 2. The number of aliphatic hydroxyl groups is 1.